The standard InChI is InChI=1S/C32H32O2/c33-24-13-15-27-22(17-24)11-9-20-7-8-21-10-12-23-18-25(34)14-16-28(23)31(21)32(30(20)27)29-6-2-4-19-3-1-5-26(19)29/h1-6,11-21,27-28,30-34H,7-10H2/t19?,20-,21+,27?,28?,30-,31?,32?/m0/s1. The summed E-state index contributed by atoms with van der Waals surface area (Å²) in [4.78, 5) is 0. The largest absolute Gasteiger partial charge is 0.508 e. The van der Waals surface area contributed by atoms with E-state index in [1.54, 1.807) is 0 Å². The number of aliphatic hydroxyl groups excluding tert-OH is 2. The number of allylic oxidation sites excluding steroid dienone is 18. The van der Waals surface area contributed by atoms with E-state index in [-0.39, 0.29) is 0 Å². The van der Waals surface area contributed by atoms with Gasteiger partial charge in [0.05, 0.1) is 0 Å². The van der Waals surface area contributed by atoms with Crippen LogP contribution in [0.3, 0.4) is 0 Å². The molecule has 172 valence electrons. The molecular weight excluding hydrogens is 416 g/mol. The summed E-state index contributed by atoms with van der Waals surface area (Å²) >= 11 is 0. The van der Waals surface area contributed by atoms with Crippen molar-refractivity contribution >= 4 is 0 Å². The van der Waals surface area contributed by atoms with Gasteiger partial charge in [-0.25, -0.2) is 0 Å². The molecule has 0 aromatic carbocycles. The van der Waals surface area contributed by atoms with E-state index in [1.165, 1.54) is 35.1 Å². The van der Waals surface area contributed by atoms with Gasteiger partial charge in [-0.1, -0.05) is 60.8 Å². The molecule has 0 bridgehead atoms. The lowest BCUT2D eigenvalue weighted by molar-refractivity contribution is 0.125. The van der Waals surface area contributed by atoms with Crippen LogP contribution in [0.25, 0.3) is 0 Å². The van der Waals surface area contributed by atoms with E-state index < -0.39 is 0 Å². The molecule has 7 rings (SSSR count). The maximum Gasteiger partial charge on any atom is 0.115 e. The fourth-order valence-corrected chi connectivity index (χ4v) is 8.21. The molecule has 7 aliphatic carbocycles. The van der Waals surface area contributed by atoms with Gasteiger partial charge in [-0.15, -0.1) is 0 Å². The number of hydrogen-bond donors (Lipinski definition) is 2. The van der Waals surface area contributed by atoms with E-state index in [0.717, 1.165) is 12.8 Å². The van der Waals surface area contributed by atoms with Gasteiger partial charge < -0.3 is 10.2 Å². The third kappa shape index (κ3) is 3.07. The van der Waals surface area contributed by atoms with Crippen molar-refractivity contribution in [1.82, 2.24) is 0 Å². The molecule has 0 radical (unpaired) electrons. The minimum Gasteiger partial charge on any atom is -0.508 e. The molecule has 0 aromatic rings. The fourth-order valence-electron chi connectivity index (χ4n) is 8.21. The molecule has 0 heterocycles. The lowest BCUT2D eigenvalue weighted by atomic mass is 9.55. The number of hydrogen-bond acceptors (Lipinski definition) is 2. The average molecular weight is 449 g/mol. The molecule has 0 aromatic heterocycles. The van der Waals surface area contributed by atoms with Gasteiger partial charge in [0.25, 0.3) is 0 Å². The maximum atomic E-state index is 10.3. The maximum absolute atomic E-state index is 10.3. The van der Waals surface area contributed by atoms with Crippen LogP contribution in [0.2, 0.25) is 0 Å². The van der Waals surface area contributed by atoms with Gasteiger partial charge in [-0.2, -0.15) is 0 Å². The van der Waals surface area contributed by atoms with Crippen LogP contribution in [-0.2, 0) is 0 Å². The molecule has 2 heteroatoms. The highest BCUT2D eigenvalue weighted by molar-refractivity contribution is 5.53. The molecule has 0 spiro atoms. The van der Waals surface area contributed by atoms with Crippen molar-refractivity contribution in [3.63, 3.8) is 0 Å². The monoisotopic (exact) mass is 448 g/mol. The average Bonchev–Trinajstić information content (AvgIpc) is 3.26. The Morgan fingerprint density at radius 3 is 1.74 bits per heavy atom. The summed E-state index contributed by atoms with van der Waals surface area (Å²) in [7, 11) is 0. The van der Waals surface area contributed by atoms with Crippen LogP contribution in [0.5, 0.6) is 0 Å². The van der Waals surface area contributed by atoms with Crippen molar-refractivity contribution in [3.05, 3.63) is 119 Å². The molecular formula is C32H32O2. The summed E-state index contributed by atoms with van der Waals surface area (Å²) in [6.07, 6.45) is 35.9. The minimum absolute atomic E-state index is 0.351. The molecule has 0 aliphatic heterocycles. The molecule has 2 N–H and O–H groups in total. The van der Waals surface area contributed by atoms with E-state index in [2.05, 4.69) is 60.8 Å². The molecule has 5 unspecified atom stereocenters. The molecule has 0 amide bonds. The third-order valence-electron chi connectivity index (χ3n) is 9.56. The van der Waals surface area contributed by atoms with Gasteiger partial charge >= 0.3 is 0 Å². The van der Waals surface area contributed by atoms with Crippen LogP contribution in [0.1, 0.15) is 25.7 Å². The van der Waals surface area contributed by atoms with Crippen molar-refractivity contribution in [3.8, 4) is 0 Å². The van der Waals surface area contributed by atoms with Crippen LogP contribution in [0, 0.1) is 47.3 Å². The highest BCUT2D eigenvalue weighted by Gasteiger charge is 2.51. The SMILES string of the molecule is OC1=CC2=CC[C@H]3CC[C@H]4CC=C5C=C(O)C=CC5[C@H]4C(C4=CC=CC5C=CC=C45)C3C2C=C1. The molecule has 1 saturated carbocycles. The van der Waals surface area contributed by atoms with E-state index in [1.807, 2.05) is 24.3 Å². The van der Waals surface area contributed by atoms with Crippen molar-refractivity contribution in [1.29, 1.82) is 0 Å². The second-order valence-corrected chi connectivity index (χ2v) is 11.1. The van der Waals surface area contributed by atoms with Crippen molar-refractivity contribution in [2.75, 3.05) is 0 Å². The Morgan fingerprint density at radius 2 is 1.18 bits per heavy atom. The molecule has 0 saturated heterocycles. The Morgan fingerprint density at radius 1 is 0.647 bits per heavy atom. The smallest absolute Gasteiger partial charge is 0.115 e. The zero-order valence-corrected chi connectivity index (χ0v) is 19.4. The first kappa shape index (κ1) is 20.4. The van der Waals surface area contributed by atoms with Crippen LogP contribution in [0.15, 0.2) is 119 Å². The molecule has 2 nitrogen and oxygen atoms in total. The summed E-state index contributed by atoms with van der Waals surface area (Å²) in [5, 5.41) is 20.5. The van der Waals surface area contributed by atoms with Crippen LogP contribution >= 0.6 is 0 Å². The number of rotatable bonds is 1. The molecule has 34 heavy (non-hydrogen) atoms. The Bertz CT molecular complexity index is 1160. The second kappa shape index (κ2) is 7.77. The Hall–Kier alpha value is -3.00. The highest BCUT2D eigenvalue weighted by atomic mass is 16.3. The molecule has 7 aliphatic rings. The van der Waals surface area contributed by atoms with Gasteiger partial charge in [0.2, 0.25) is 0 Å². The fraction of sp³-hybridized carbons (Fsp3) is 0.375. The predicted molar refractivity (Wildman–Crippen MR) is 137 cm³/mol. The van der Waals surface area contributed by atoms with E-state index in [4.69, 9.17) is 0 Å². The predicted octanol–water partition coefficient (Wildman–Crippen LogP) is 7.39. The number of fused-ring (bicyclic) bond motifs is 7. The molecule has 8 atom stereocenters. The minimum atomic E-state index is 0.351. The lowest BCUT2D eigenvalue weighted by Crippen LogP contribution is -2.42. The first-order chi connectivity index (χ1) is 16.7. The first-order valence-electron chi connectivity index (χ1n) is 13.0. The Labute approximate surface area is 202 Å². The number of aliphatic hydroxyl groups is 2. The van der Waals surface area contributed by atoms with E-state index >= 15 is 0 Å². The summed E-state index contributed by atoms with van der Waals surface area (Å²) in [5.41, 5.74) is 5.62. The third-order valence-corrected chi connectivity index (χ3v) is 9.56. The quantitative estimate of drug-likeness (QED) is 0.439. The van der Waals surface area contributed by atoms with Crippen molar-refractivity contribution < 1.29 is 10.2 Å². The Kier molecular flexibility index (Phi) is 4.65. The zero-order valence-electron chi connectivity index (χ0n) is 19.4. The lowest BCUT2D eigenvalue weighted by Gasteiger charge is -2.49. The van der Waals surface area contributed by atoms with Crippen LogP contribution in [-0.4, -0.2) is 10.2 Å². The molecule has 1 fully saturated rings. The van der Waals surface area contributed by atoms with Gasteiger partial charge in [-0.3, -0.25) is 0 Å². The van der Waals surface area contributed by atoms with Crippen LogP contribution in [0.4, 0.5) is 0 Å². The highest BCUT2D eigenvalue weighted by Crippen LogP contribution is 2.59. The summed E-state index contributed by atoms with van der Waals surface area (Å²) in [6.45, 7) is 0. The first-order valence-corrected chi connectivity index (χ1v) is 13.0. The second-order valence-electron chi connectivity index (χ2n) is 11.1. The van der Waals surface area contributed by atoms with E-state index in [0.29, 0.717) is 58.9 Å². The normalized spacial score (nSPS) is 41.3. The van der Waals surface area contributed by atoms with Crippen LogP contribution < -0.4 is 0 Å². The summed E-state index contributed by atoms with van der Waals surface area (Å²) in [6, 6.07) is 0. The Balaban J connectivity index is 1.40. The van der Waals surface area contributed by atoms with Gasteiger partial charge in [0.15, 0.2) is 0 Å². The summed E-state index contributed by atoms with van der Waals surface area (Å²) in [5.74, 6) is 4.64. The summed E-state index contributed by atoms with van der Waals surface area (Å²) < 4.78 is 0. The van der Waals surface area contributed by atoms with Crippen molar-refractivity contribution in [2.45, 2.75) is 25.7 Å². The van der Waals surface area contributed by atoms with Gasteiger partial charge in [-0.05, 0) is 102 Å². The topological polar surface area (TPSA) is 40.5 Å². The van der Waals surface area contributed by atoms with E-state index in [9.17, 15) is 10.2 Å². The van der Waals surface area contributed by atoms with Gasteiger partial charge in [0.1, 0.15) is 11.5 Å². The van der Waals surface area contributed by atoms with Crippen molar-refractivity contribution in [2.24, 2.45) is 47.3 Å². The zero-order chi connectivity index (χ0) is 22.8. The van der Waals surface area contributed by atoms with Gasteiger partial charge in [0, 0.05) is 17.8 Å².